The fraction of sp³-hybridized carbons (Fsp3) is 0.684. The van der Waals surface area contributed by atoms with Crippen molar-refractivity contribution >= 4 is 0 Å². The number of benzene rings is 1. The first-order valence-corrected chi connectivity index (χ1v) is 8.55. The normalized spacial score (nSPS) is 16.8. The van der Waals surface area contributed by atoms with Gasteiger partial charge in [0.2, 0.25) is 0 Å². The fourth-order valence-corrected chi connectivity index (χ4v) is 2.49. The third kappa shape index (κ3) is 5.03. The highest BCUT2D eigenvalue weighted by Gasteiger charge is 2.22. The zero-order valence-electron chi connectivity index (χ0n) is 14.1. The van der Waals surface area contributed by atoms with E-state index in [2.05, 4.69) is 57.3 Å². The summed E-state index contributed by atoms with van der Waals surface area (Å²) in [7, 11) is 0. The van der Waals surface area contributed by atoms with Gasteiger partial charge in [-0.15, -0.1) is 0 Å². The molecular formula is C19H31NO. The summed E-state index contributed by atoms with van der Waals surface area (Å²) < 4.78 is 6.17. The van der Waals surface area contributed by atoms with Crippen molar-refractivity contribution in [3.8, 4) is 5.75 Å². The zero-order valence-corrected chi connectivity index (χ0v) is 14.1. The molecule has 1 aliphatic carbocycles. The number of hydrogen-bond acceptors (Lipinski definition) is 2. The van der Waals surface area contributed by atoms with E-state index in [1.165, 1.54) is 18.4 Å². The van der Waals surface area contributed by atoms with Crippen molar-refractivity contribution < 1.29 is 4.74 Å². The van der Waals surface area contributed by atoms with Gasteiger partial charge in [-0.2, -0.15) is 0 Å². The first-order valence-electron chi connectivity index (χ1n) is 8.55. The maximum Gasteiger partial charge on any atom is 0.119 e. The first-order chi connectivity index (χ1) is 10.0. The maximum absolute atomic E-state index is 6.17. The molecule has 0 radical (unpaired) electrons. The lowest BCUT2D eigenvalue weighted by atomic mass is 9.82. The predicted octanol–water partition coefficient (Wildman–Crippen LogP) is 4.67. The number of ether oxygens (including phenoxy) is 1. The predicted molar refractivity (Wildman–Crippen MR) is 90.1 cm³/mol. The van der Waals surface area contributed by atoms with E-state index in [4.69, 9.17) is 4.74 Å². The third-order valence-electron chi connectivity index (χ3n) is 4.64. The first kappa shape index (κ1) is 16.4. The van der Waals surface area contributed by atoms with Crippen LogP contribution in [0.3, 0.4) is 0 Å². The van der Waals surface area contributed by atoms with Gasteiger partial charge in [0.05, 0.1) is 0 Å². The molecule has 1 unspecified atom stereocenters. The largest absolute Gasteiger partial charge is 0.489 e. The van der Waals surface area contributed by atoms with Crippen LogP contribution in [0.1, 0.15) is 65.4 Å². The molecule has 118 valence electrons. The van der Waals surface area contributed by atoms with Crippen LogP contribution in [0.4, 0.5) is 0 Å². The van der Waals surface area contributed by atoms with Crippen molar-refractivity contribution in [2.75, 3.05) is 6.54 Å². The molecule has 0 aliphatic heterocycles. The van der Waals surface area contributed by atoms with Crippen LogP contribution in [0.2, 0.25) is 0 Å². The molecule has 1 fully saturated rings. The Morgan fingerprint density at radius 1 is 1.19 bits per heavy atom. The molecule has 0 heterocycles. The molecule has 1 atom stereocenters. The summed E-state index contributed by atoms with van der Waals surface area (Å²) in [5, 5.41) is 3.58. The van der Waals surface area contributed by atoms with Crippen molar-refractivity contribution in [3.05, 3.63) is 29.8 Å². The van der Waals surface area contributed by atoms with Crippen LogP contribution in [-0.2, 0) is 5.41 Å². The lowest BCUT2D eigenvalue weighted by molar-refractivity contribution is 0.186. The third-order valence-corrected chi connectivity index (χ3v) is 4.64. The van der Waals surface area contributed by atoms with Gasteiger partial charge in [0.25, 0.3) is 0 Å². The Bertz CT molecular complexity index is 420. The van der Waals surface area contributed by atoms with Crippen LogP contribution in [0, 0.1) is 0 Å². The highest BCUT2D eigenvalue weighted by Crippen LogP contribution is 2.28. The molecular weight excluding hydrogens is 258 g/mol. The molecule has 21 heavy (non-hydrogen) atoms. The second-order valence-corrected chi connectivity index (χ2v) is 6.97. The van der Waals surface area contributed by atoms with Crippen molar-refractivity contribution in [1.82, 2.24) is 5.32 Å². The summed E-state index contributed by atoms with van der Waals surface area (Å²) in [6.07, 6.45) is 6.39. The Balaban J connectivity index is 1.92. The van der Waals surface area contributed by atoms with E-state index >= 15 is 0 Å². The van der Waals surface area contributed by atoms with Gasteiger partial charge < -0.3 is 10.1 Å². The SMILES string of the molecule is CCCC(CNC1CC1)Oc1ccc(C(C)(C)CC)cc1. The minimum atomic E-state index is 0.245. The summed E-state index contributed by atoms with van der Waals surface area (Å²) in [5.41, 5.74) is 1.63. The summed E-state index contributed by atoms with van der Waals surface area (Å²) in [6, 6.07) is 9.45. The molecule has 0 spiro atoms. The summed E-state index contributed by atoms with van der Waals surface area (Å²) in [6.45, 7) is 10.0. The maximum atomic E-state index is 6.17. The monoisotopic (exact) mass is 289 g/mol. The highest BCUT2D eigenvalue weighted by atomic mass is 16.5. The molecule has 1 aromatic rings. The van der Waals surface area contributed by atoms with Gasteiger partial charge in [-0.05, 0) is 48.8 Å². The smallest absolute Gasteiger partial charge is 0.119 e. The van der Waals surface area contributed by atoms with E-state index in [1.54, 1.807) is 0 Å². The van der Waals surface area contributed by atoms with E-state index < -0.39 is 0 Å². The Kier molecular flexibility index (Phi) is 5.69. The molecule has 0 aromatic heterocycles. The van der Waals surface area contributed by atoms with E-state index in [9.17, 15) is 0 Å². The van der Waals surface area contributed by atoms with Crippen molar-refractivity contribution in [2.24, 2.45) is 0 Å². The number of nitrogens with one attached hydrogen (secondary N) is 1. The summed E-state index contributed by atoms with van der Waals surface area (Å²) in [4.78, 5) is 0. The second-order valence-electron chi connectivity index (χ2n) is 6.97. The van der Waals surface area contributed by atoms with Gasteiger partial charge >= 0.3 is 0 Å². The molecule has 1 N–H and O–H groups in total. The van der Waals surface area contributed by atoms with Gasteiger partial charge in [0.15, 0.2) is 0 Å². The van der Waals surface area contributed by atoms with E-state index in [-0.39, 0.29) is 5.41 Å². The van der Waals surface area contributed by atoms with E-state index in [0.717, 1.165) is 37.6 Å². The summed E-state index contributed by atoms with van der Waals surface area (Å²) in [5.74, 6) is 1.00. The molecule has 2 heteroatoms. The molecule has 0 amide bonds. The molecule has 1 aliphatic rings. The van der Waals surface area contributed by atoms with E-state index in [1.807, 2.05) is 0 Å². The molecule has 1 saturated carbocycles. The second kappa shape index (κ2) is 7.31. The Morgan fingerprint density at radius 2 is 1.86 bits per heavy atom. The Morgan fingerprint density at radius 3 is 2.38 bits per heavy atom. The lowest BCUT2D eigenvalue weighted by Gasteiger charge is -2.24. The van der Waals surface area contributed by atoms with Crippen LogP contribution in [0.5, 0.6) is 5.75 Å². The van der Waals surface area contributed by atoms with E-state index in [0.29, 0.717) is 6.10 Å². The number of hydrogen-bond donors (Lipinski definition) is 1. The van der Waals surface area contributed by atoms with Gasteiger partial charge in [-0.3, -0.25) is 0 Å². The van der Waals surface area contributed by atoms with Crippen molar-refractivity contribution in [1.29, 1.82) is 0 Å². The Hall–Kier alpha value is -1.02. The van der Waals surface area contributed by atoms with Crippen LogP contribution < -0.4 is 10.1 Å². The molecule has 0 saturated heterocycles. The topological polar surface area (TPSA) is 21.3 Å². The molecule has 0 bridgehead atoms. The van der Waals surface area contributed by atoms with Gasteiger partial charge in [0.1, 0.15) is 11.9 Å². The van der Waals surface area contributed by atoms with Gasteiger partial charge in [-0.25, -0.2) is 0 Å². The van der Waals surface area contributed by atoms with Crippen molar-refractivity contribution in [3.63, 3.8) is 0 Å². The standard InChI is InChI=1S/C19H31NO/c1-5-7-18(14-20-16-10-11-16)21-17-12-8-15(9-13-17)19(3,4)6-2/h8-9,12-13,16,18,20H,5-7,10-11,14H2,1-4H3. The van der Waals surface area contributed by atoms with Gasteiger partial charge in [0, 0.05) is 12.6 Å². The summed E-state index contributed by atoms with van der Waals surface area (Å²) >= 11 is 0. The lowest BCUT2D eigenvalue weighted by Crippen LogP contribution is -2.32. The van der Waals surface area contributed by atoms with Crippen molar-refractivity contribution in [2.45, 2.75) is 77.4 Å². The van der Waals surface area contributed by atoms with Crippen LogP contribution in [0.25, 0.3) is 0 Å². The average molecular weight is 289 g/mol. The zero-order chi connectivity index (χ0) is 15.3. The van der Waals surface area contributed by atoms with Crippen LogP contribution in [-0.4, -0.2) is 18.7 Å². The highest BCUT2D eigenvalue weighted by molar-refractivity contribution is 5.31. The molecule has 1 aromatic carbocycles. The van der Waals surface area contributed by atoms with Gasteiger partial charge in [-0.1, -0.05) is 46.2 Å². The Labute approximate surface area is 130 Å². The average Bonchev–Trinajstić information content (AvgIpc) is 3.30. The van der Waals surface area contributed by atoms with Crippen LogP contribution >= 0.6 is 0 Å². The molecule has 2 nitrogen and oxygen atoms in total. The quantitative estimate of drug-likeness (QED) is 0.713. The minimum Gasteiger partial charge on any atom is -0.489 e. The fourth-order valence-electron chi connectivity index (χ4n) is 2.49. The minimum absolute atomic E-state index is 0.245. The number of rotatable bonds is 9. The van der Waals surface area contributed by atoms with Crippen LogP contribution in [0.15, 0.2) is 24.3 Å². The molecule has 2 rings (SSSR count).